The standard InChI is InChI=1S/C10H16N4/c1-6(2)9-7(3)11-14-8(4)12-13(5)10(9)14/h6H,1-5H3. The van der Waals surface area contributed by atoms with Crippen LogP contribution in [-0.2, 0) is 7.05 Å². The van der Waals surface area contributed by atoms with E-state index in [1.54, 1.807) is 0 Å². The van der Waals surface area contributed by atoms with E-state index in [1.807, 2.05) is 23.2 Å². The first kappa shape index (κ1) is 9.24. The average Bonchev–Trinajstić information content (AvgIpc) is 2.52. The van der Waals surface area contributed by atoms with Crippen LogP contribution in [0.5, 0.6) is 0 Å². The molecule has 2 rings (SSSR count). The molecule has 0 bridgehead atoms. The van der Waals surface area contributed by atoms with E-state index >= 15 is 0 Å². The van der Waals surface area contributed by atoms with E-state index in [9.17, 15) is 0 Å². The summed E-state index contributed by atoms with van der Waals surface area (Å²) < 4.78 is 3.83. The van der Waals surface area contributed by atoms with Crippen molar-refractivity contribution >= 4 is 5.65 Å². The monoisotopic (exact) mass is 192 g/mol. The highest BCUT2D eigenvalue weighted by Crippen LogP contribution is 2.24. The summed E-state index contributed by atoms with van der Waals surface area (Å²) in [6.07, 6.45) is 0. The molecule has 0 aliphatic heterocycles. The Kier molecular flexibility index (Phi) is 1.87. The van der Waals surface area contributed by atoms with Gasteiger partial charge >= 0.3 is 0 Å². The van der Waals surface area contributed by atoms with Gasteiger partial charge in [0, 0.05) is 12.6 Å². The van der Waals surface area contributed by atoms with Crippen molar-refractivity contribution in [1.29, 1.82) is 0 Å². The molecule has 0 unspecified atom stereocenters. The van der Waals surface area contributed by atoms with Crippen molar-refractivity contribution in [2.24, 2.45) is 7.05 Å². The molecule has 0 radical (unpaired) electrons. The van der Waals surface area contributed by atoms with Crippen molar-refractivity contribution in [3.63, 3.8) is 0 Å². The van der Waals surface area contributed by atoms with E-state index in [0.717, 1.165) is 17.2 Å². The van der Waals surface area contributed by atoms with Crippen molar-refractivity contribution in [2.45, 2.75) is 33.6 Å². The zero-order valence-corrected chi connectivity index (χ0v) is 9.37. The predicted molar refractivity (Wildman–Crippen MR) is 55.5 cm³/mol. The highest BCUT2D eigenvalue weighted by molar-refractivity contribution is 5.52. The number of aryl methyl sites for hydroxylation is 3. The number of nitrogens with zero attached hydrogens (tertiary/aromatic N) is 4. The number of hydrogen-bond donors (Lipinski definition) is 0. The maximum absolute atomic E-state index is 4.49. The van der Waals surface area contributed by atoms with Crippen LogP contribution < -0.4 is 0 Å². The van der Waals surface area contributed by atoms with E-state index in [4.69, 9.17) is 0 Å². The summed E-state index contributed by atoms with van der Waals surface area (Å²) in [6, 6.07) is 0. The summed E-state index contributed by atoms with van der Waals surface area (Å²) in [5.41, 5.74) is 3.53. The maximum Gasteiger partial charge on any atom is 0.157 e. The molecule has 4 heteroatoms. The van der Waals surface area contributed by atoms with Crippen LogP contribution in [0.25, 0.3) is 5.65 Å². The van der Waals surface area contributed by atoms with Gasteiger partial charge in [0.1, 0.15) is 5.82 Å². The fourth-order valence-corrected chi connectivity index (χ4v) is 2.05. The van der Waals surface area contributed by atoms with Gasteiger partial charge in [-0.2, -0.15) is 14.7 Å². The Labute approximate surface area is 83.5 Å². The quantitative estimate of drug-likeness (QED) is 0.690. The largest absolute Gasteiger partial charge is 0.249 e. The molecule has 0 aromatic carbocycles. The van der Waals surface area contributed by atoms with Gasteiger partial charge in [0.25, 0.3) is 0 Å². The molecule has 0 aliphatic rings. The van der Waals surface area contributed by atoms with Gasteiger partial charge in [-0.15, -0.1) is 0 Å². The SMILES string of the molecule is Cc1nn2c(C)nn(C)c2c1C(C)C. The van der Waals surface area contributed by atoms with Gasteiger partial charge in [-0.3, -0.25) is 0 Å². The van der Waals surface area contributed by atoms with Crippen LogP contribution in [0.3, 0.4) is 0 Å². The van der Waals surface area contributed by atoms with Crippen molar-refractivity contribution < 1.29 is 0 Å². The molecule has 0 N–H and O–H groups in total. The van der Waals surface area contributed by atoms with Crippen molar-refractivity contribution in [1.82, 2.24) is 19.4 Å². The molecule has 2 aromatic heterocycles. The Morgan fingerprint density at radius 3 is 2.36 bits per heavy atom. The minimum Gasteiger partial charge on any atom is -0.249 e. The van der Waals surface area contributed by atoms with E-state index < -0.39 is 0 Å². The third-order valence-corrected chi connectivity index (χ3v) is 2.57. The molecule has 2 heterocycles. The van der Waals surface area contributed by atoms with Gasteiger partial charge < -0.3 is 0 Å². The highest BCUT2D eigenvalue weighted by atomic mass is 15.4. The van der Waals surface area contributed by atoms with E-state index in [0.29, 0.717) is 5.92 Å². The summed E-state index contributed by atoms with van der Waals surface area (Å²) in [4.78, 5) is 0. The molecule has 0 amide bonds. The first-order valence-corrected chi connectivity index (χ1v) is 4.91. The summed E-state index contributed by atoms with van der Waals surface area (Å²) in [5, 5.41) is 8.84. The van der Waals surface area contributed by atoms with E-state index in [2.05, 4.69) is 31.0 Å². The molecule has 0 spiro atoms. The van der Waals surface area contributed by atoms with E-state index in [1.165, 1.54) is 5.56 Å². The topological polar surface area (TPSA) is 35.1 Å². The lowest BCUT2D eigenvalue weighted by Gasteiger charge is -2.03. The number of aromatic nitrogens is 4. The fraction of sp³-hybridized carbons (Fsp3) is 0.600. The molecule has 0 saturated heterocycles. The molecule has 4 nitrogen and oxygen atoms in total. The van der Waals surface area contributed by atoms with Gasteiger partial charge in [0.15, 0.2) is 5.65 Å². The van der Waals surface area contributed by atoms with Crippen molar-refractivity contribution in [2.75, 3.05) is 0 Å². The molecule has 14 heavy (non-hydrogen) atoms. The third-order valence-electron chi connectivity index (χ3n) is 2.57. The second-order valence-corrected chi connectivity index (χ2v) is 4.06. The van der Waals surface area contributed by atoms with Crippen LogP contribution in [0.4, 0.5) is 0 Å². The molecule has 0 saturated carbocycles. The zero-order valence-electron chi connectivity index (χ0n) is 9.37. The average molecular weight is 192 g/mol. The van der Waals surface area contributed by atoms with E-state index in [-0.39, 0.29) is 0 Å². The molecular formula is C10H16N4. The predicted octanol–water partition coefficient (Wildman–Crippen LogP) is 1.81. The maximum atomic E-state index is 4.49. The first-order chi connectivity index (χ1) is 6.52. The molecular weight excluding hydrogens is 176 g/mol. The fourth-order valence-electron chi connectivity index (χ4n) is 2.05. The van der Waals surface area contributed by atoms with Crippen LogP contribution in [0.1, 0.15) is 36.8 Å². The lowest BCUT2D eigenvalue weighted by molar-refractivity contribution is 0.763. The second-order valence-electron chi connectivity index (χ2n) is 4.06. The Bertz CT molecular complexity index is 476. The summed E-state index contributed by atoms with van der Waals surface area (Å²) >= 11 is 0. The van der Waals surface area contributed by atoms with Crippen LogP contribution in [0.15, 0.2) is 0 Å². The van der Waals surface area contributed by atoms with Gasteiger partial charge in [-0.1, -0.05) is 13.8 Å². The number of hydrogen-bond acceptors (Lipinski definition) is 2. The highest BCUT2D eigenvalue weighted by Gasteiger charge is 2.17. The molecule has 0 atom stereocenters. The van der Waals surface area contributed by atoms with Gasteiger partial charge in [-0.25, -0.2) is 4.68 Å². The third kappa shape index (κ3) is 1.06. The minimum atomic E-state index is 0.488. The van der Waals surface area contributed by atoms with Gasteiger partial charge in [-0.05, 0) is 19.8 Å². The number of rotatable bonds is 1. The molecule has 76 valence electrons. The smallest absolute Gasteiger partial charge is 0.157 e. The Hall–Kier alpha value is -1.32. The molecule has 2 aromatic rings. The van der Waals surface area contributed by atoms with Crippen LogP contribution in [0, 0.1) is 13.8 Å². The second kappa shape index (κ2) is 2.83. The number of fused-ring (bicyclic) bond motifs is 1. The zero-order chi connectivity index (χ0) is 10.5. The van der Waals surface area contributed by atoms with Gasteiger partial charge in [0.2, 0.25) is 0 Å². The Morgan fingerprint density at radius 2 is 1.79 bits per heavy atom. The summed E-state index contributed by atoms with van der Waals surface area (Å²) in [5.74, 6) is 1.43. The summed E-state index contributed by atoms with van der Waals surface area (Å²) in [7, 11) is 1.97. The molecule has 0 fully saturated rings. The van der Waals surface area contributed by atoms with Crippen LogP contribution in [-0.4, -0.2) is 19.4 Å². The Morgan fingerprint density at radius 1 is 1.14 bits per heavy atom. The summed E-state index contributed by atoms with van der Waals surface area (Å²) in [6.45, 7) is 8.41. The lowest BCUT2D eigenvalue weighted by atomic mass is 10.0. The van der Waals surface area contributed by atoms with Gasteiger partial charge in [0.05, 0.1) is 5.69 Å². The van der Waals surface area contributed by atoms with Crippen molar-refractivity contribution in [3.05, 3.63) is 17.1 Å². The first-order valence-electron chi connectivity index (χ1n) is 4.91. The van der Waals surface area contributed by atoms with Crippen LogP contribution >= 0.6 is 0 Å². The molecule has 0 aliphatic carbocycles. The lowest BCUT2D eigenvalue weighted by Crippen LogP contribution is -1.96. The normalized spacial score (nSPS) is 11.9. The minimum absolute atomic E-state index is 0.488. The van der Waals surface area contributed by atoms with Crippen molar-refractivity contribution in [3.8, 4) is 0 Å². The Balaban J connectivity index is 2.86. The van der Waals surface area contributed by atoms with Crippen LogP contribution in [0.2, 0.25) is 0 Å².